The first kappa shape index (κ1) is 21.7. The second-order valence-corrected chi connectivity index (χ2v) is 8.71. The number of anilines is 4. The van der Waals surface area contributed by atoms with Crippen LogP contribution < -0.4 is 21.3 Å². The number of amides is 1. The zero-order valence-electron chi connectivity index (χ0n) is 19.0. The average molecular weight is 454 g/mol. The summed E-state index contributed by atoms with van der Waals surface area (Å²) < 4.78 is 0. The predicted octanol–water partition coefficient (Wildman–Crippen LogP) is 3.66. The number of nitrogens with one attached hydrogen (secondary N) is 2. The van der Waals surface area contributed by atoms with E-state index < -0.39 is 0 Å². The summed E-state index contributed by atoms with van der Waals surface area (Å²) in [5, 5.41) is 6.10. The summed E-state index contributed by atoms with van der Waals surface area (Å²) in [4.78, 5) is 30.1. The highest BCUT2D eigenvalue weighted by molar-refractivity contribution is 6.32. The van der Waals surface area contributed by atoms with Crippen LogP contribution in [0.15, 0.2) is 72.9 Å². The fraction of sp³-hybridized carbons (Fsp3) is 0.185. The van der Waals surface area contributed by atoms with Gasteiger partial charge in [-0.3, -0.25) is 9.59 Å². The van der Waals surface area contributed by atoms with E-state index in [0.29, 0.717) is 28.1 Å². The minimum absolute atomic E-state index is 0.139. The summed E-state index contributed by atoms with van der Waals surface area (Å²) in [5.41, 5.74) is 11.4. The van der Waals surface area contributed by atoms with Gasteiger partial charge in [0.15, 0.2) is 5.78 Å². The van der Waals surface area contributed by atoms with Crippen LogP contribution in [0.25, 0.3) is 5.57 Å². The van der Waals surface area contributed by atoms with E-state index in [4.69, 9.17) is 5.73 Å². The van der Waals surface area contributed by atoms with E-state index in [9.17, 15) is 9.59 Å². The molecule has 5 rings (SSSR count). The topological polar surface area (TPSA) is 90.7 Å². The predicted molar refractivity (Wildman–Crippen MR) is 137 cm³/mol. The van der Waals surface area contributed by atoms with Crippen molar-refractivity contribution in [3.05, 3.63) is 89.6 Å². The molecule has 3 aromatic carbocycles. The normalized spacial score (nSPS) is 16.9. The molecular weight excluding hydrogens is 426 g/mol. The summed E-state index contributed by atoms with van der Waals surface area (Å²) in [6.07, 6.45) is 1.71. The molecule has 34 heavy (non-hydrogen) atoms. The molecular formula is C27H27N5O2. The number of nitrogen functional groups attached to an aromatic ring is 1. The van der Waals surface area contributed by atoms with Gasteiger partial charge in [-0.2, -0.15) is 0 Å². The number of hydrogen-bond acceptors (Lipinski definition) is 6. The molecule has 0 spiro atoms. The first-order valence-corrected chi connectivity index (χ1v) is 11.3. The summed E-state index contributed by atoms with van der Waals surface area (Å²) in [6.45, 7) is 4.17. The molecule has 7 heteroatoms. The van der Waals surface area contributed by atoms with Gasteiger partial charge in [-0.1, -0.05) is 24.3 Å². The number of piperazine rings is 1. The van der Waals surface area contributed by atoms with Gasteiger partial charge in [-0.05, 0) is 49.5 Å². The second kappa shape index (κ2) is 9.03. The summed E-state index contributed by atoms with van der Waals surface area (Å²) in [6, 6.07) is 20.4. The number of benzene rings is 3. The number of likely N-dealkylation sites (N-methyl/N-ethyl adjacent to an activating group) is 1. The molecule has 4 N–H and O–H groups in total. The number of ketones is 1. The summed E-state index contributed by atoms with van der Waals surface area (Å²) in [7, 11) is 2.15. The van der Waals surface area contributed by atoms with Gasteiger partial charge in [0, 0.05) is 71.8 Å². The molecule has 0 unspecified atom stereocenters. The smallest absolute Gasteiger partial charge is 0.257 e. The van der Waals surface area contributed by atoms with Crippen LogP contribution in [0.3, 0.4) is 0 Å². The Kier molecular flexibility index (Phi) is 5.77. The second-order valence-electron chi connectivity index (χ2n) is 8.71. The lowest BCUT2D eigenvalue weighted by molar-refractivity contribution is -0.110. The third-order valence-corrected chi connectivity index (χ3v) is 6.33. The van der Waals surface area contributed by atoms with Gasteiger partial charge in [0.2, 0.25) is 0 Å². The Bertz CT molecular complexity index is 1270. The lowest BCUT2D eigenvalue weighted by Crippen LogP contribution is -2.44. The van der Waals surface area contributed by atoms with Crippen molar-refractivity contribution in [1.82, 2.24) is 4.90 Å². The first-order chi connectivity index (χ1) is 16.5. The van der Waals surface area contributed by atoms with Crippen LogP contribution in [0.4, 0.5) is 22.7 Å². The Morgan fingerprint density at radius 2 is 1.71 bits per heavy atom. The molecule has 0 atom stereocenters. The van der Waals surface area contributed by atoms with Crippen molar-refractivity contribution in [3.63, 3.8) is 0 Å². The number of carbonyl (C=O) groups is 2. The van der Waals surface area contributed by atoms with Crippen LogP contribution in [-0.2, 0) is 4.79 Å². The molecule has 1 amide bonds. The van der Waals surface area contributed by atoms with Gasteiger partial charge in [-0.25, -0.2) is 0 Å². The van der Waals surface area contributed by atoms with Crippen molar-refractivity contribution in [3.8, 4) is 0 Å². The van der Waals surface area contributed by atoms with Crippen molar-refractivity contribution in [2.75, 3.05) is 54.5 Å². The van der Waals surface area contributed by atoms with Crippen LogP contribution in [0.5, 0.6) is 0 Å². The van der Waals surface area contributed by atoms with E-state index in [1.807, 2.05) is 12.1 Å². The maximum absolute atomic E-state index is 12.8. The monoisotopic (exact) mass is 453 g/mol. The van der Waals surface area contributed by atoms with E-state index in [2.05, 4.69) is 39.6 Å². The van der Waals surface area contributed by atoms with Gasteiger partial charge in [0.05, 0.1) is 5.57 Å². The standard InChI is InChI=1S/C27H27N5O2/c1-31-11-13-32(14-12-31)22-8-6-21(7-9-22)29-17-24-23-10-5-19(16-25(23)30-27(24)34)26(33)18-3-2-4-20(28)15-18/h2-10,15-17,29H,11-14,28H2,1H3,(H,30,34). The molecule has 0 aromatic heterocycles. The van der Waals surface area contributed by atoms with Crippen LogP contribution in [0, 0.1) is 0 Å². The van der Waals surface area contributed by atoms with Crippen molar-refractivity contribution < 1.29 is 9.59 Å². The Labute approximate surface area is 198 Å². The molecule has 0 aliphatic carbocycles. The molecule has 0 radical (unpaired) electrons. The molecule has 1 fully saturated rings. The third kappa shape index (κ3) is 4.38. The van der Waals surface area contributed by atoms with Crippen LogP contribution in [0.2, 0.25) is 0 Å². The third-order valence-electron chi connectivity index (χ3n) is 6.33. The fourth-order valence-electron chi connectivity index (χ4n) is 4.31. The minimum Gasteiger partial charge on any atom is -0.399 e. The Balaban J connectivity index is 1.30. The maximum Gasteiger partial charge on any atom is 0.257 e. The van der Waals surface area contributed by atoms with Crippen molar-refractivity contribution in [1.29, 1.82) is 0 Å². The van der Waals surface area contributed by atoms with Gasteiger partial charge < -0.3 is 26.2 Å². The van der Waals surface area contributed by atoms with E-state index in [-0.39, 0.29) is 11.7 Å². The van der Waals surface area contributed by atoms with Gasteiger partial charge in [0.25, 0.3) is 5.91 Å². The highest BCUT2D eigenvalue weighted by Gasteiger charge is 2.25. The zero-order chi connectivity index (χ0) is 23.7. The van der Waals surface area contributed by atoms with Crippen LogP contribution >= 0.6 is 0 Å². The largest absolute Gasteiger partial charge is 0.399 e. The number of fused-ring (bicyclic) bond motifs is 1. The van der Waals surface area contributed by atoms with Crippen molar-refractivity contribution >= 4 is 40.0 Å². The first-order valence-electron chi connectivity index (χ1n) is 11.3. The SMILES string of the molecule is CN1CCN(c2ccc(NC=C3C(=O)Nc4cc(C(=O)c5cccc(N)c5)ccc43)cc2)CC1. The zero-order valence-corrected chi connectivity index (χ0v) is 19.0. The van der Waals surface area contributed by atoms with Gasteiger partial charge >= 0.3 is 0 Å². The molecule has 0 saturated carbocycles. The maximum atomic E-state index is 12.8. The van der Waals surface area contributed by atoms with Crippen LogP contribution in [0.1, 0.15) is 21.5 Å². The number of carbonyl (C=O) groups excluding carboxylic acids is 2. The van der Waals surface area contributed by atoms with E-state index in [0.717, 1.165) is 37.4 Å². The number of nitrogens with zero attached hydrogens (tertiary/aromatic N) is 2. The summed E-state index contributed by atoms with van der Waals surface area (Å²) in [5.74, 6) is -0.342. The fourth-order valence-corrected chi connectivity index (χ4v) is 4.31. The lowest BCUT2D eigenvalue weighted by atomic mass is 9.99. The average Bonchev–Trinajstić information content (AvgIpc) is 3.17. The van der Waals surface area contributed by atoms with Crippen molar-refractivity contribution in [2.45, 2.75) is 0 Å². The molecule has 2 aliphatic heterocycles. The molecule has 3 aromatic rings. The van der Waals surface area contributed by atoms with Crippen LogP contribution in [-0.4, -0.2) is 49.8 Å². The number of hydrogen-bond donors (Lipinski definition) is 3. The molecule has 2 heterocycles. The van der Waals surface area contributed by atoms with Gasteiger partial charge in [-0.15, -0.1) is 0 Å². The Morgan fingerprint density at radius 3 is 2.44 bits per heavy atom. The van der Waals surface area contributed by atoms with E-state index in [1.54, 1.807) is 48.7 Å². The molecule has 2 aliphatic rings. The number of rotatable bonds is 5. The molecule has 7 nitrogen and oxygen atoms in total. The summed E-state index contributed by atoms with van der Waals surface area (Å²) >= 11 is 0. The molecule has 1 saturated heterocycles. The van der Waals surface area contributed by atoms with E-state index >= 15 is 0 Å². The quantitative estimate of drug-likeness (QED) is 0.310. The molecule has 0 bridgehead atoms. The van der Waals surface area contributed by atoms with E-state index in [1.165, 1.54) is 5.69 Å². The molecule has 172 valence electrons. The minimum atomic E-state index is -0.204. The Morgan fingerprint density at radius 1 is 0.971 bits per heavy atom. The highest BCUT2D eigenvalue weighted by atomic mass is 16.2. The Hall–Kier alpha value is -4.10. The van der Waals surface area contributed by atoms with Crippen molar-refractivity contribution in [2.24, 2.45) is 0 Å². The highest BCUT2D eigenvalue weighted by Crippen LogP contribution is 2.33. The number of nitrogens with two attached hydrogens (primary N) is 1. The lowest BCUT2D eigenvalue weighted by Gasteiger charge is -2.34. The van der Waals surface area contributed by atoms with Gasteiger partial charge in [0.1, 0.15) is 0 Å².